The lowest BCUT2D eigenvalue weighted by Gasteiger charge is -2.42. The molecule has 2 rings (SSSR count). The third kappa shape index (κ3) is 3.62. The lowest BCUT2D eigenvalue weighted by molar-refractivity contribution is 0.171. The highest BCUT2D eigenvalue weighted by Gasteiger charge is 2.33. The minimum atomic E-state index is 0.588. The van der Waals surface area contributed by atoms with E-state index in [0.29, 0.717) is 4.75 Å². The van der Waals surface area contributed by atoms with Crippen LogP contribution in [0, 0.1) is 0 Å². The molecule has 2 fully saturated rings. The van der Waals surface area contributed by atoms with Gasteiger partial charge in [0.15, 0.2) is 0 Å². The first kappa shape index (κ1) is 13.7. The van der Waals surface area contributed by atoms with Gasteiger partial charge in [-0.25, -0.2) is 0 Å². The Kier molecular flexibility index (Phi) is 5.19. The van der Waals surface area contributed by atoms with E-state index in [2.05, 4.69) is 35.3 Å². The van der Waals surface area contributed by atoms with Crippen molar-refractivity contribution < 1.29 is 0 Å². The summed E-state index contributed by atoms with van der Waals surface area (Å²) in [5, 5.41) is 3.42. The molecule has 0 unspecified atom stereocenters. The maximum atomic E-state index is 3.42. The molecule has 1 N–H and O–H groups in total. The van der Waals surface area contributed by atoms with Crippen LogP contribution in [-0.2, 0) is 0 Å². The Hall–Kier alpha value is 0.270. The standard InChI is InChI=1S/C14H28N2S/c1-15-13-6-10-16(11-7-13)12-14(17-2)8-4-3-5-9-14/h13,15H,3-12H2,1-2H3. The quantitative estimate of drug-likeness (QED) is 0.832. The van der Waals surface area contributed by atoms with E-state index < -0.39 is 0 Å². The molecule has 0 atom stereocenters. The first-order chi connectivity index (χ1) is 8.28. The van der Waals surface area contributed by atoms with Crippen LogP contribution in [-0.4, -0.2) is 48.6 Å². The minimum absolute atomic E-state index is 0.588. The molecule has 0 aromatic carbocycles. The molecule has 1 saturated carbocycles. The molecule has 1 aliphatic heterocycles. The predicted octanol–water partition coefficient (Wildman–Crippen LogP) is 2.74. The molecule has 1 saturated heterocycles. The van der Waals surface area contributed by atoms with E-state index in [9.17, 15) is 0 Å². The van der Waals surface area contributed by atoms with E-state index in [1.807, 2.05) is 0 Å². The van der Waals surface area contributed by atoms with Crippen LogP contribution >= 0.6 is 11.8 Å². The number of thioether (sulfide) groups is 1. The Morgan fingerprint density at radius 1 is 1.18 bits per heavy atom. The second-order valence-corrected chi connectivity index (χ2v) is 7.06. The molecule has 17 heavy (non-hydrogen) atoms. The van der Waals surface area contributed by atoms with Gasteiger partial charge in [0.1, 0.15) is 0 Å². The fourth-order valence-electron chi connectivity index (χ4n) is 3.41. The number of hydrogen-bond donors (Lipinski definition) is 1. The third-order valence-corrected chi connectivity index (χ3v) is 6.11. The number of nitrogens with zero attached hydrogens (tertiary/aromatic N) is 1. The van der Waals surface area contributed by atoms with Crippen molar-refractivity contribution in [2.24, 2.45) is 0 Å². The van der Waals surface area contributed by atoms with Gasteiger partial charge in [0.05, 0.1) is 0 Å². The topological polar surface area (TPSA) is 15.3 Å². The highest BCUT2D eigenvalue weighted by atomic mass is 32.2. The van der Waals surface area contributed by atoms with E-state index in [-0.39, 0.29) is 0 Å². The molecule has 0 radical (unpaired) electrons. The predicted molar refractivity (Wildman–Crippen MR) is 77.9 cm³/mol. The van der Waals surface area contributed by atoms with Gasteiger partial charge in [0.25, 0.3) is 0 Å². The van der Waals surface area contributed by atoms with Crippen LogP contribution in [0.5, 0.6) is 0 Å². The van der Waals surface area contributed by atoms with Crippen LogP contribution in [0.2, 0.25) is 0 Å². The monoisotopic (exact) mass is 256 g/mol. The van der Waals surface area contributed by atoms with Crippen molar-refractivity contribution in [1.29, 1.82) is 0 Å². The van der Waals surface area contributed by atoms with Gasteiger partial charge in [-0.05, 0) is 52.1 Å². The largest absolute Gasteiger partial charge is 0.317 e. The first-order valence-electron chi connectivity index (χ1n) is 7.23. The van der Waals surface area contributed by atoms with Crippen LogP contribution < -0.4 is 5.32 Å². The Balaban J connectivity index is 1.82. The SMILES string of the molecule is CNC1CCN(CC2(SC)CCCCC2)CC1. The summed E-state index contributed by atoms with van der Waals surface area (Å²) in [4.78, 5) is 2.72. The molecule has 0 bridgehead atoms. The van der Waals surface area contributed by atoms with E-state index in [1.54, 1.807) is 0 Å². The van der Waals surface area contributed by atoms with Gasteiger partial charge < -0.3 is 10.2 Å². The summed E-state index contributed by atoms with van der Waals surface area (Å²) in [6.07, 6.45) is 12.2. The summed E-state index contributed by atoms with van der Waals surface area (Å²) in [5.74, 6) is 0. The minimum Gasteiger partial charge on any atom is -0.317 e. The molecule has 1 heterocycles. The summed E-state index contributed by atoms with van der Waals surface area (Å²) in [5.41, 5.74) is 0. The molecular weight excluding hydrogens is 228 g/mol. The second kappa shape index (κ2) is 6.44. The average Bonchev–Trinajstić information content (AvgIpc) is 2.41. The zero-order valence-corrected chi connectivity index (χ0v) is 12.3. The summed E-state index contributed by atoms with van der Waals surface area (Å²) >= 11 is 2.14. The van der Waals surface area contributed by atoms with Gasteiger partial charge in [-0.3, -0.25) is 0 Å². The smallest absolute Gasteiger partial charge is 0.0284 e. The highest BCUT2D eigenvalue weighted by molar-refractivity contribution is 8.00. The molecule has 100 valence electrons. The number of hydrogen-bond acceptors (Lipinski definition) is 3. The van der Waals surface area contributed by atoms with Crippen molar-refractivity contribution in [3.05, 3.63) is 0 Å². The Bertz CT molecular complexity index is 218. The zero-order valence-electron chi connectivity index (χ0n) is 11.5. The highest BCUT2D eigenvalue weighted by Crippen LogP contribution is 2.39. The molecule has 0 aromatic heterocycles. The molecule has 1 aliphatic carbocycles. The van der Waals surface area contributed by atoms with Crippen LogP contribution in [0.4, 0.5) is 0 Å². The summed E-state index contributed by atoms with van der Waals surface area (Å²) in [7, 11) is 2.10. The normalized spacial score (nSPS) is 27.2. The van der Waals surface area contributed by atoms with Gasteiger partial charge in [-0.15, -0.1) is 0 Å². The first-order valence-corrected chi connectivity index (χ1v) is 8.45. The number of nitrogens with one attached hydrogen (secondary N) is 1. The van der Waals surface area contributed by atoms with Crippen molar-refractivity contribution in [3.8, 4) is 0 Å². The van der Waals surface area contributed by atoms with Gasteiger partial charge in [0, 0.05) is 17.3 Å². The molecule has 0 spiro atoms. The second-order valence-electron chi connectivity index (χ2n) is 5.79. The zero-order chi connectivity index (χ0) is 12.1. The van der Waals surface area contributed by atoms with E-state index in [4.69, 9.17) is 0 Å². The molecule has 0 amide bonds. The van der Waals surface area contributed by atoms with Crippen molar-refractivity contribution in [2.45, 2.75) is 55.7 Å². The van der Waals surface area contributed by atoms with Crippen LogP contribution in [0.3, 0.4) is 0 Å². The fourth-order valence-corrected chi connectivity index (χ4v) is 4.42. The van der Waals surface area contributed by atoms with Crippen LogP contribution in [0.15, 0.2) is 0 Å². The summed E-state index contributed by atoms with van der Waals surface area (Å²) < 4.78 is 0.588. The third-order valence-electron chi connectivity index (χ3n) is 4.71. The summed E-state index contributed by atoms with van der Waals surface area (Å²) in [6.45, 7) is 3.94. The fraction of sp³-hybridized carbons (Fsp3) is 1.00. The van der Waals surface area contributed by atoms with Crippen LogP contribution in [0.25, 0.3) is 0 Å². The van der Waals surface area contributed by atoms with Crippen molar-refractivity contribution >= 4 is 11.8 Å². The number of rotatable bonds is 4. The lowest BCUT2D eigenvalue weighted by Crippen LogP contribution is -2.47. The Labute approximate surface area is 111 Å². The maximum Gasteiger partial charge on any atom is 0.0284 e. The lowest BCUT2D eigenvalue weighted by atomic mass is 9.87. The van der Waals surface area contributed by atoms with Gasteiger partial charge in [-0.2, -0.15) is 11.8 Å². The average molecular weight is 256 g/mol. The Morgan fingerprint density at radius 2 is 1.82 bits per heavy atom. The van der Waals surface area contributed by atoms with E-state index >= 15 is 0 Å². The molecular formula is C14H28N2S. The Morgan fingerprint density at radius 3 is 2.35 bits per heavy atom. The van der Waals surface area contributed by atoms with Crippen molar-refractivity contribution in [3.63, 3.8) is 0 Å². The number of likely N-dealkylation sites (tertiary alicyclic amines) is 1. The van der Waals surface area contributed by atoms with Crippen LogP contribution in [0.1, 0.15) is 44.9 Å². The molecule has 2 aliphatic rings. The van der Waals surface area contributed by atoms with Gasteiger partial charge in [0.2, 0.25) is 0 Å². The van der Waals surface area contributed by atoms with E-state index in [0.717, 1.165) is 6.04 Å². The van der Waals surface area contributed by atoms with E-state index in [1.165, 1.54) is 64.6 Å². The van der Waals surface area contributed by atoms with Crippen molar-refractivity contribution in [2.75, 3.05) is 32.9 Å². The molecule has 0 aromatic rings. The molecule has 3 heteroatoms. The number of piperidine rings is 1. The maximum absolute atomic E-state index is 3.42. The molecule has 2 nitrogen and oxygen atoms in total. The van der Waals surface area contributed by atoms with Gasteiger partial charge >= 0.3 is 0 Å². The van der Waals surface area contributed by atoms with Crippen molar-refractivity contribution in [1.82, 2.24) is 10.2 Å². The van der Waals surface area contributed by atoms with Gasteiger partial charge in [-0.1, -0.05) is 19.3 Å². The summed E-state index contributed by atoms with van der Waals surface area (Å²) in [6, 6.07) is 0.767.